The van der Waals surface area contributed by atoms with Crippen LogP contribution < -0.4 is 14.9 Å². The van der Waals surface area contributed by atoms with Crippen molar-refractivity contribution in [3.63, 3.8) is 0 Å². The van der Waals surface area contributed by atoms with Gasteiger partial charge in [-0.25, -0.2) is 5.43 Å². The van der Waals surface area contributed by atoms with E-state index in [1.54, 1.807) is 18.2 Å². The fourth-order valence-electron chi connectivity index (χ4n) is 1.88. The first-order chi connectivity index (χ1) is 12.0. The number of ether oxygens (including phenoxy) is 2. The van der Waals surface area contributed by atoms with Crippen molar-refractivity contribution in [3.05, 3.63) is 52.0 Å². The number of hydrogen-bond acceptors (Lipinski definition) is 5. The van der Waals surface area contributed by atoms with Crippen molar-refractivity contribution in [3.8, 4) is 17.2 Å². The first-order valence-corrected chi connectivity index (χ1v) is 8.11. The number of amides is 1. The first-order valence-electron chi connectivity index (χ1n) is 7.35. The lowest BCUT2D eigenvalue weighted by molar-refractivity contribution is -0.123. The number of phenolic OH excluding ortho intramolecular Hbond substituents is 1. The highest BCUT2D eigenvalue weighted by Crippen LogP contribution is 2.30. The maximum absolute atomic E-state index is 11.8. The number of phenols is 1. The molecule has 25 heavy (non-hydrogen) atoms. The Morgan fingerprint density at radius 1 is 1.24 bits per heavy atom. The lowest BCUT2D eigenvalue weighted by Crippen LogP contribution is -2.24. The lowest BCUT2D eigenvalue weighted by Gasteiger charge is -2.10. The third-order valence-electron chi connectivity index (χ3n) is 2.96. The number of hydrogen-bond donors (Lipinski definition) is 2. The molecule has 0 saturated carbocycles. The number of nitrogens with one attached hydrogen (secondary N) is 1. The third-order valence-corrected chi connectivity index (χ3v) is 3.46. The van der Waals surface area contributed by atoms with Crippen LogP contribution in [0.3, 0.4) is 0 Å². The molecule has 0 unspecified atom stereocenters. The van der Waals surface area contributed by atoms with Gasteiger partial charge in [-0.15, -0.1) is 0 Å². The van der Waals surface area contributed by atoms with Crippen LogP contribution in [0.4, 0.5) is 0 Å². The van der Waals surface area contributed by atoms with Crippen LogP contribution in [0.15, 0.2) is 41.5 Å². The molecule has 0 aliphatic rings. The molecule has 1 amide bonds. The average Bonchev–Trinajstić information content (AvgIpc) is 2.58. The van der Waals surface area contributed by atoms with Crippen LogP contribution in [0, 0.1) is 0 Å². The Hall–Kier alpha value is -2.44. The average molecular weight is 383 g/mol. The molecule has 0 heterocycles. The zero-order valence-corrected chi connectivity index (χ0v) is 14.8. The summed E-state index contributed by atoms with van der Waals surface area (Å²) in [4.78, 5) is 11.8. The fraction of sp³-hybridized carbons (Fsp3) is 0.176. The Bertz CT molecular complexity index is 781. The van der Waals surface area contributed by atoms with E-state index in [9.17, 15) is 9.90 Å². The van der Waals surface area contributed by atoms with Gasteiger partial charge in [-0.1, -0.05) is 35.3 Å². The molecule has 0 atom stereocenters. The molecule has 0 aromatic heterocycles. The van der Waals surface area contributed by atoms with Crippen molar-refractivity contribution < 1.29 is 19.4 Å². The van der Waals surface area contributed by atoms with Crippen LogP contribution in [0.2, 0.25) is 10.0 Å². The smallest absolute Gasteiger partial charge is 0.277 e. The fourth-order valence-corrected chi connectivity index (χ4v) is 2.39. The summed E-state index contributed by atoms with van der Waals surface area (Å²) in [6, 6.07) is 9.91. The molecular weight excluding hydrogens is 367 g/mol. The monoisotopic (exact) mass is 382 g/mol. The molecule has 0 aliphatic carbocycles. The van der Waals surface area contributed by atoms with Crippen LogP contribution >= 0.6 is 23.2 Å². The van der Waals surface area contributed by atoms with Gasteiger partial charge in [0.2, 0.25) is 0 Å². The van der Waals surface area contributed by atoms with Crippen molar-refractivity contribution in [2.45, 2.75) is 6.92 Å². The number of para-hydroxylation sites is 2. The minimum atomic E-state index is -0.477. The number of carbonyl (C=O) groups is 1. The maximum atomic E-state index is 11.8. The first kappa shape index (κ1) is 18.9. The van der Waals surface area contributed by atoms with E-state index in [0.717, 1.165) is 0 Å². The van der Waals surface area contributed by atoms with Gasteiger partial charge in [-0.2, -0.15) is 5.10 Å². The Balaban J connectivity index is 1.91. The van der Waals surface area contributed by atoms with Crippen LogP contribution in [-0.2, 0) is 4.79 Å². The number of hydrazone groups is 1. The summed E-state index contributed by atoms with van der Waals surface area (Å²) in [5.41, 5.74) is 2.56. The molecule has 0 saturated heterocycles. The van der Waals surface area contributed by atoms with Gasteiger partial charge in [0.15, 0.2) is 18.1 Å². The van der Waals surface area contributed by atoms with Gasteiger partial charge in [0.05, 0.1) is 17.8 Å². The van der Waals surface area contributed by atoms with Crippen LogP contribution in [0.1, 0.15) is 12.5 Å². The summed E-state index contributed by atoms with van der Waals surface area (Å²) in [6.07, 6.45) is 1.24. The van der Waals surface area contributed by atoms with Crippen molar-refractivity contribution in [1.82, 2.24) is 5.43 Å². The van der Waals surface area contributed by atoms with Crippen LogP contribution in [-0.4, -0.2) is 30.4 Å². The Labute approximate surface area is 155 Å². The quantitative estimate of drug-likeness (QED) is 0.565. The second-order valence-electron chi connectivity index (χ2n) is 4.79. The second-order valence-corrected chi connectivity index (χ2v) is 5.63. The minimum absolute atomic E-state index is 0.0936. The number of aromatic hydroxyl groups is 1. The second kappa shape index (κ2) is 9.15. The molecule has 0 aliphatic heterocycles. The van der Waals surface area contributed by atoms with Gasteiger partial charge in [-0.05, 0) is 31.2 Å². The van der Waals surface area contributed by atoms with Gasteiger partial charge >= 0.3 is 0 Å². The molecule has 8 heteroatoms. The van der Waals surface area contributed by atoms with Gasteiger partial charge < -0.3 is 14.6 Å². The van der Waals surface area contributed by atoms with Crippen LogP contribution in [0.5, 0.6) is 17.2 Å². The number of benzene rings is 2. The summed E-state index contributed by atoms with van der Waals surface area (Å²) in [6.45, 7) is 2.10. The molecule has 0 fully saturated rings. The van der Waals surface area contributed by atoms with Crippen molar-refractivity contribution in [1.29, 1.82) is 0 Å². The molecule has 0 radical (unpaired) electrons. The van der Waals surface area contributed by atoms with E-state index in [1.165, 1.54) is 18.3 Å². The Morgan fingerprint density at radius 2 is 1.92 bits per heavy atom. The van der Waals surface area contributed by atoms with E-state index in [0.29, 0.717) is 23.1 Å². The van der Waals surface area contributed by atoms with Crippen molar-refractivity contribution >= 4 is 35.3 Å². The van der Waals surface area contributed by atoms with E-state index in [-0.39, 0.29) is 22.9 Å². The molecule has 132 valence electrons. The summed E-state index contributed by atoms with van der Waals surface area (Å²) < 4.78 is 10.8. The SMILES string of the molecule is CCOc1ccccc1OCC(=O)N/N=C/c1cc(Cl)cc(Cl)c1O. The molecule has 0 bridgehead atoms. The van der Waals surface area contributed by atoms with E-state index in [4.69, 9.17) is 32.7 Å². The molecule has 2 N–H and O–H groups in total. The van der Waals surface area contributed by atoms with Gasteiger partial charge in [0.1, 0.15) is 5.75 Å². The Kier molecular flexibility index (Phi) is 6.91. The molecular formula is C17H16Cl2N2O4. The zero-order valence-electron chi connectivity index (χ0n) is 13.3. The highest BCUT2D eigenvalue weighted by atomic mass is 35.5. The molecule has 6 nitrogen and oxygen atoms in total. The standard InChI is InChI=1S/C17H16Cl2N2O4/c1-2-24-14-5-3-4-6-15(14)25-10-16(22)21-20-9-11-7-12(18)8-13(19)17(11)23/h3-9,23H,2,10H2,1H3,(H,21,22)/b20-9+. The predicted octanol–water partition coefficient (Wildman–Crippen LogP) is 3.63. The minimum Gasteiger partial charge on any atom is -0.506 e. The number of halogens is 2. The number of carbonyl (C=O) groups excluding carboxylic acids is 1. The van der Waals surface area contributed by atoms with Crippen molar-refractivity contribution in [2.75, 3.05) is 13.2 Å². The molecule has 2 aromatic carbocycles. The maximum Gasteiger partial charge on any atom is 0.277 e. The highest BCUT2D eigenvalue weighted by Gasteiger charge is 2.08. The van der Waals surface area contributed by atoms with E-state index >= 15 is 0 Å². The normalized spacial score (nSPS) is 10.7. The summed E-state index contributed by atoms with van der Waals surface area (Å²) in [5, 5.41) is 14.0. The van der Waals surface area contributed by atoms with E-state index in [2.05, 4.69) is 10.5 Å². The Morgan fingerprint density at radius 3 is 2.60 bits per heavy atom. The summed E-state index contributed by atoms with van der Waals surface area (Å²) >= 11 is 11.6. The lowest BCUT2D eigenvalue weighted by atomic mass is 10.2. The molecule has 0 spiro atoms. The summed E-state index contributed by atoms with van der Waals surface area (Å²) in [7, 11) is 0. The molecule has 2 aromatic rings. The highest BCUT2D eigenvalue weighted by molar-refractivity contribution is 6.36. The van der Waals surface area contributed by atoms with Crippen molar-refractivity contribution in [2.24, 2.45) is 5.10 Å². The predicted molar refractivity (Wildman–Crippen MR) is 97.0 cm³/mol. The van der Waals surface area contributed by atoms with Gasteiger partial charge in [-0.3, -0.25) is 4.79 Å². The van der Waals surface area contributed by atoms with Crippen LogP contribution in [0.25, 0.3) is 0 Å². The van der Waals surface area contributed by atoms with E-state index in [1.807, 2.05) is 13.0 Å². The third kappa shape index (κ3) is 5.55. The number of nitrogens with zero attached hydrogens (tertiary/aromatic N) is 1. The molecule has 2 rings (SSSR count). The largest absolute Gasteiger partial charge is 0.506 e. The van der Waals surface area contributed by atoms with Gasteiger partial charge in [0.25, 0.3) is 5.91 Å². The summed E-state index contributed by atoms with van der Waals surface area (Å²) in [5.74, 6) is 0.365. The zero-order chi connectivity index (χ0) is 18.2. The topological polar surface area (TPSA) is 80.2 Å². The van der Waals surface area contributed by atoms with E-state index < -0.39 is 5.91 Å². The number of rotatable bonds is 7. The van der Waals surface area contributed by atoms with Gasteiger partial charge in [0, 0.05) is 10.6 Å².